The SMILES string of the molecule is O=C(NCc1cnc2ccccc2c1)Oc1ccccc1. The van der Waals surface area contributed by atoms with Gasteiger partial charge in [-0.05, 0) is 29.8 Å². The van der Waals surface area contributed by atoms with Crippen LogP contribution in [-0.4, -0.2) is 11.1 Å². The van der Waals surface area contributed by atoms with Gasteiger partial charge in [0.25, 0.3) is 0 Å². The molecule has 0 aliphatic rings. The Morgan fingerprint density at radius 3 is 2.67 bits per heavy atom. The van der Waals surface area contributed by atoms with Gasteiger partial charge in [-0.2, -0.15) is 0 Å². The second-order valence-electron chi connectivity index (χ2n) is 4.59. The van der Waals surface area contributed by atoms with Gasteiger partial charge in [0.05, 0.1) is 5.52 Å². The number of amides is 1. The highest BCUT2D eigenvalue weighted by molar-refractivity contribution is 5.79. The van der Waals surface area contributed by atoms with Crippen LogP contribution in [0, 0.1) is 0 Å². The lowest BCUT2D eigenvalue weighted by Crippen LogP contribution is -2.26. The highest BCUT2D eigenvalue weighted by atomic mass is 16.5. The molecular weight excluding hydrogens is 264 g/mol. The zero-order valence-corrected chi connectivity index (χ0v) is 11.3. The molecule has 1 heterocycles. The van der Waals surface area contributed by atoms with Crippen LogP contribution in [0.5, 0.6) is 5.75 Å². The molecule has 0 aliphatic carbocycles. The fourth-order valence-electron chi connectivity index (χ4n) is 2.02. The van der Waals surface area contributed by atoms with E-state index in [9.17, 15) is 4.79 Å². The van der Waals surface area contributed by atoms with Gasteiger partial charge in [-0.15, -0.1) is 0 Å². The summed E-state index contributed by atoms with van der Waals surface area (Å²) < 4.78 is 5.15. The van der Waals surface area contributed by atoms with Gasteiger partial charge in [-0.25, -0.2) is 4.79 Å². The minimum atomic E-state index is -0.477. The number of nitrogens with one attached hydrogen (secondary N) is 1. The summed E-state index contributed by atoms with van der Waals surface area (Å²) in [5.74, 6) is 0.520. The van der Waals surface area contributed by atoms with Gasteiger partial charge in [-0.3, -0.25) is 4.98 Å². The number of rotatable bonds is 3. The van der Waals surface area contributed by atoms with Crippen LogP contribution in [0.4, 0.5) is 4.79 Å². The van der Waals surface area contributed by atoms with Crippen molar-refractivity contribution < 1.29 is 9.53 Å². The summed E-state index contributed by atoms with van der Waals surface area (Å²) in [6, 6.07) is 18.8. The van der Waals surface area contributed by atoms with Crippen LogP contribution in [-0.2, 0) is 6.54 Å². The van der Waals surface area contributed by atoms with Crippen LogP contribution < -0.4 is 10.1 Å². The zero-order valence-electron chi connectivity index (χ0n) is 11.3. The van der Waals surface area contributed by atoms with Gasteiger partial charge < -0.3 is 10.1 Å². The first-order valence-electron chi connectivity index (χ1n) is 6.66. The summed E-state index contributed by atoms with van der Waals surface area (Å²) in [6.07, 6.45) is 1.28. The molecule has 3 aromatic rings. The number of fused-ring (bicyclic) bond motifs is 1. The molecule has 0 unspecified atom stereocenters. The molecule has 104 valence electrons. The fraction of sp³-hybridized carbons (Fsp3) is 0.0588. The van der Waals surface area contributed by atoms with Crippen LogP contribution in [0.2, 0.25) is 0 Å². The maximum absolute atomic E-state index is 11.7. The van der Waals surface area contributed by atoms with Crippen molar-refractivity contribution in [1.82, 2.24) is 10.3 Å². The van der Waals surface area contributed by atoms with Crippen molar-refractivity contribution in [2.45, 2.75) is 6.54 Å². The molecule has 1 amide bonds. The predicted molar refractivity (Wildman–Crippen MR) is 81.0 cm³/mol. The summed E-state index contributed by atoms with van der Waals surface area (Å²) >= 11 is 0. The van der Waals surface area contributed by atoms with Crippen molar-refractivity contribution in [2.75, 3.05) is 0 Å². The molecule has 0 aliphatic heterocycles. The van der Waals surface area contributed by atoms with Crippen molar-refractivity contribution in [3.05, 3.63) is 72.4 Å². The number of carbonyl (C=O) groups is 1. The minimum absolute atomic E-state index is 0.378. The Hall–Kier alpha value is -2.88. The third-order valence-corrected chi connectivity index (χ3v) is 3.04. The summed E-state index contributed by atoms with van der Waals surface area (Å²) in [5, 5.41) is 3.76. The van der Waals surface area contributed by atoms with E-state index in [-0.39, 0.29) is 0 Å². The van der Waals surface area contributed by atoms with E-state index in [1.54, 1.807) is 18.3 Å². The summed E-state index contributed by atoms with van der Waals surface area (Å²) in [5.41, 5.74) is 1.87. The first-order chi connectivity index (χ1) is 10.3. The van der Waals surface area contributed by atoms with Crippen molar-refractivity contribution in [3.8, 4) is 5.75 Å². The van der Waals surface area contributed by atoms with Gasteiger partial charge in [0.1, 0.15) is 5.75 Å². The first-order valence-corrected chi connectivity index (χ1v) is 6.66. The average molecular weight is 278 g/mol. The van der Waals surface area contributed by atoms with E-state index in [4.69, 9.17) is 4.74 Å². The van der Waals surface area contributed by atoms with Crippen molar-refractivity contribution in [3.63, 3.8) is 0 Å². The lowest BCUT2D eigenvalue weighted by molar-refractivity contribution is 0.200. The van der Waals surface area contributed by atoms with E-state index in [1.165, 1.54) is 0 Å². The third kappa shape index (κ3) is 3.36. The van der Waals surface area contributed by atoms with E-state index in [0.29, 0.717) is 12.3 Å². The highest BCUT2D eigenvalue weighted by Crippen LogP contribution is 2.13. The third-order valence-electron chi connectivity index (χ3n) is 3.04. The standard InChI is InChI=1S/C17H14N2O2/c20-17(21-15-7-2-1-3-8-15)19-12-13-10-14-6-4-5-9-16(14)18-11-13/h1-11H,12H2,(H,19,20). The molecule has 4 nitrogen and oxygen atoms in total. The molecule has 0 atom stereocenters. The lowest BCUT2D eigenvalue weighted by Gasteiger charge is -2.07. The largest absolute Gasteiger partial charge is 0.412 e. The van der Waals surface area contributed by atoms with E-state index in [2.05, 4.69) is 10.3 Å². The fourth-order valence-corrected chi connectivity index (χ4v) is 2.02. The van der Waals surface area contributed by atoms with E-state index in [1.807, 2.05) is 48.5 Å². The maximum atomic E-state index is 11.7. The molecule has 1 N–H and O–H groups in total. The van der Waals surface area contributed by atoms with Crippen LogP contribution in [0.25, 0.3) is 10.9 Å². The first kappa shape index (κ1) is 13.1. The Balaban J connectivity index is 1.62. The van der Waals surface area contributed by atoms with Gasteiger partial charge in [0.2, 0.25) is 0 Å². The smallest absolute Gasteiger partial charge is 0.410 e. The molecule has 0 spiro atoms. The van der Waals surface area contributed by atoms with Gasteiger partial charge >= 0.3 is 6.09 Å². The van der Waals surface area contributed by atoms with Gasteiger partial charge in [-0.1, -0.05) is 36.4 Å². The Bertz CT molecular complexity index is 757. The molecule has 0 radical (unpaired) electrons. The molecular formula is C17H14N2O2. The number of carbonyl (C=O) groups excluding carboxylic acids is 1. The lowest BCUT2D eigenvalue weighted by atomic mass is 10.1. The van der Waals surface area contributed by atoms with E-state index >= 15 is 0 Å². The van der Waals surface area contributed by atoms with Gasteiger partial charge in [0, 0.05) is 18.1 Å². The molecule has 2 aromatic carbocycles. The Morgan fingerprint density at radius 2 is 1.81 bits per heavy atom. The van der Waals surface area contributed by atoms with Crippen molar-refractivity contribution in [2.24, 2.45) is 0 Å². The molecule has 21 heavy (non-hydrogen) atoms. The number of ether oxygens (including phenoxy) is 1. The molecule has 0 bridgehead atoms. The molecule has 0 fully saturated rings. The topological polar surface area (TPSA) is 51.2 Å². The number of nitrogens with zero attached hydrogens (tertiary/aromatic N) is 1. The van der Waals surface area contributed by atoms with Crippen molar-refractivity contribution >= 4 is 17.0 Å². The van der Waals surface area contributed by atoms with Crippen LogP contribution in [0.15, 0.2) is 66.9 Å². The number of para-hydroxylation sites is 2. The molecule has 0 saturated heterocycles. The second-order valence-corrected chi connectivity index (χ2v) is 4.59. The molecule has 1 aromatic heterocycles. The second kappa shape index (κ2) is 6.05. The summed E-state index contributed by atoms with van der Waals surface area (Å²) in [4.78, 5) is 16.0. The maximum Gasteiger partial charge on any atom is 0.412 e. The zero-order chi connectivity index (χ0) is 14.5. The monoisotopic (exact) mass is 278 g/mol. The number of benzene rings is 2. The average Bonchev–Trinajstić information content (AvgIpc) is 2.54. The number of hydrogen-bond acceptors (Lipinski definition) is 3. The minimum Gasteiger partial charge on any atom is -0.410 e. The van der Waals surface area contributed by atoms with Crippen molar-refractivity contribution in [1.29, 1.82) is 0 Å². The molecule has 4 heteroatoms. The quantitative estimate of drug-likeness (QED) is 0.797. The molecule has 3 rings (SSSR count). The Morgan fingerprint density at radius 1 is 1.05 bits per heavy atom. The van der Waals surface area contributed by atoms with Crippen LogP contribution in [0.3, 0.4) is 0 Å². The molecule has 0 saturated carbocycles. The van der Waals surface area contributed by atoms with Crippen LogP contribution >= 0.6 is 0 Å². The number of pyridine rings is 1. The number of aromatic nitrogens is 1. The summed E-state index contributed by atoms with van der Waals surface area (Å²) in [6.45, 7) is 0.378. The van der Waals surface area contributed by atoms with E-state index < -0.39 is 6.09 Å². The number of hydrogen-bond donors (Lipinski definition) is 1. The highest BCUT2D eigenvalue weighted by Gasteiger charge is 2.04. The van der Waals surface area contributed by atoms with Crippen LogP contribution in [0.1, 0.15) is 5.56 Å². The summed E-state index contributed by atoms with van der Waals surface area (Å²) in [7, 11) is 0. The normalized spacial score (nSPS) is 10.3. The Labute approximate surface area is 122 Å². The van der Waals surface area contributed by atoms with E-state index in [0.717, 1.165) is 16.5 Å². The Kier molecular flexibility index (Phi) is 3.78. The predicted octanol–water partition coefficient (Wildman–Crippen LogP) is 3.52. The van der Waals surface area contributed by atoms with Gasteiger partial charge in [0.15, 0.2) is 0 Å².